The zero-order valence-corrected chi connectivity index (χ0v) is 55.2. The number of benzene rings is 2. The fraction of sp³-hybridized carbons (Fsp3) is 0.574. The molecule has 0 saturated heterocycles. The molecule has 2 heterocycles. The molecule has 80 heavy (non-hydrogen) atoms. The number of ether oxygens (including phenoxy) is 1. The van der Waals surface area contributed by atoms with Gasteiger partial charge in [-0.3, -0.25) is 41.5 Å². The second kappa shape index (κ2) is 64.2. The number of nitro groups is 1. The van der Waals surface area contributed by atoms with Crippen molar-refractivity contribution in [1.29, 1.82) is 0 Å². The van der Waals surface area contributed by atoms with Crippen LogP contribution in [0.5, 0.6) is 0 Å². The maximum absolute atomic E-state index is 12.3. The van der Waals surface area contributed by atoms with Crippen LogP contribution >= 0.6 is 27.3 Å². The Hall–Kier alpha value is -3.99. The second-order valence-corrected chi connectivity index (χ2v) is 23.2. The summed E-state index contributed by atoms with van der Waals surface area (Å²) in [6, 6.07) is 21.0. The standard InChI is InChI=1S/C8H10O.C7H7FO3S.C6H6O2.C6H6OS.C5H8O.C4H10O3S.C4H10O2S.C4H10OS.C4H10O.C2H6.CH3Br.CH3F.CH3NO2.CH4/c1-7(9)8-5-3-2-4-6-8;1-11-12(9,10)7-4-2-6(8)3-5-7;2*1-5(7)6-3-2-4-8-6;1-4(6)5-2-3-5;1-3-4-8(5,6)7-2;1-3-4-7(2,5)6;1-3-4-6(2)5;1-3-4-5-2;3*1-2;1-2(3)4;/h2-7,9H,1H3;2-5H,1H3;2*2-4H,1H3;5H,2-3H2,1H3;3-4H2,1-2H3;3-4H2,1-2H3;3-4H2,1-2H3;3-4H2,1-2H3;1-2H3;2*1H3;1H3;1H4/t7-;;;;;;;;;;;;;/m0............./s1. The number of hydrogen-bond acceptors (Lipinski definition) is 18. The minimum atomic E-state index is -3.68. The lowest BCUT2D eigenvalue weighted by Gasteiger charge is -2.00. The average molecular weight is 1310 g/mol. The van der Waals surface area contributed by atoms with E-state index < -0.39 is 51.6 Å². The Labute approximate surface area is 495 Å². The lowest BCUT2D eigenvalue weighted by molar-refractivity contribution is -0.445. The van der Waals surface area contributed by atoms with Crippen LogP contribution in [-0.4, -0.2) is 135 Å². The average Bonchev–Trinajstić information content (AvgIpc) is 3.81. The number of methoxy groups -OCH3 is 1. The SMILES string of the molecule is C.CBr.CC.CC(=O)C1CC1.CC(=O)c1ccco1.CC(=O)c1cccs1.CCCOC.CCCS(=O)(=O)OC.CCCS(C)(=O)=O.CCCS(C)=O.CF.COS(=O)(=O)c1ccc(F)cc1.C[C@H](O)c1ccccc1.C[N+](=O)[O-]. The van der Waals surface area contributed by atoms with Crippen molar-refractivity contribution in [1.82, 2.24) is 0 Å². The molecule has 2 aromatic heterocycles. The summed E-state index contributed by atoms with van der Waals surface area (Å²) in [7, 11) is -4.76. The number of alkyl halides is 2. The van der Waals surface area contributed by atoms with Gasteiger partial charge in [0.05, 0.1) is 49.3 Å². The van der Waals surface area contributed by atoms with Crippen LogP contribution < -0.4 is 0 Å². The van der Waals surface area contributed by atoms with Crippen molar-refractivity contribution >= 4 is 85.5 Å². The van der Waals surface area contributed by atoms with Gasteiger partial charge in [0.1, 0.15) is 21.4 Å². The molecule has 470 valence electrons. The van der Waals surface area contributed by atoms with E-state index in [4.69, 9.17) is 24.4 Å². The van der Waals surface area contributed by atoms with Crippen molar-refractivity contribution in [2.24, 2.45) is 5.92 Å². The van der Waals surface area contributed by atoms with Crippen LogP contribution in [0.3, 0.4) is 0 Å². The first-order valence-corrected chi connectivity index (χ1v) is 33.6. The highest BCUT2D eigenvalue weighted by Gasteiger charge is 2.25. The molecule has 1 aliphatic carbocycles. The highest BCUT2D eigenvalue weighted by atomic mass is 79.9. The summed E-state index contributed by atoms with van der Waals surface area (Å²) >= 11 is 4.42. The van der Waals surface area contributed by atoms with Crippen LogP contribution in [0.2, 0.25) is 0 Å². The summed E-state index contributed by atoms with van der Waals surface area (Å²) in [6.07, 6.45) is 9.89. The van der Waals surface area contributed by atoms with Crippen LogP contribution in [0, 0.1) is 21.8 Å². The lowest BCUT2D eigenvalue weighted by Crippen LogP contribution is -2.05. The first kappa shape index (κ1) is 95.2. The summed E-state index contributed by atoms with van der Waals surface area (Å²) in [5, 5.41) is 19.7. The number of rotatable bonds is 15. The van der Waals surface area contributed by atoms with E-state index in [2.05, 4.69) is 31.2 Å². The predicted octanol–water partition coefficient (Wildman–Crippen LogP) is 13.1. The molecule has 5 rings (SSSR count). The van der Waals surface area contributed by atoms with Crippen LogP contribution in [0.4, 0.5) is 8.78 Å². The molecule has 0 amide bonds. The van der Waals surface area contributed by atoms with Gasteiger partial charge in [-0.05, 0) is 119 Å². The molecule has 2 aromatic carbocycles. The van der Waals surface area contributed by atoms with Crippen molar-refractivity contribution in [3.8, 4) is 0 Å². The molecule has 1 unspecified atom stereocenters. The number of furan rings is 1. The molecule has 0 aliphatic heterocycles. The summed E-state index contributed by atoms with van der Waals surface area (Å²) in [5.74, 6) is 3.98. The van der Waals surface area contributed by atoms with Gasteiger partial charge in [-0.2, -0.15) is 16.8 Å². The second-order valence-electron chi connectivity index (χ2n) is 14.9. The Morgan fingerprint density at radius 2 is 1.27 bits per heavy atom. The molecule has 4 aromatic rings. The number of sulfone groups is 1. The van der Waals surface area contributed by atoms with Crippen molar-refractivity contribution in [3.63, 3.8) is 0 Å². The number of carbonyl (C=O) groups is 3. The number of aliphatic hydroxyl groups excluding tert-OH is 1. The van der Waals surface area contributed by atoms with Crippen LogP contribution in [0.1, 0.15) is 147 Å². The van der Waals surface area contributed by atoms with Gasteiger partial charge in [0.25, 0.3) is 20.2 Å². The van der Waals surface area contributed by atoms with E-state index in [1.165, 1.54) is 37.9 Å². The van der Waals surface area contributed by atoms with Gasteiger partial charge in [0.15, 0.2) is 24.4 Å². The third-order valence-corrected chi connectivity index (χ3v) is 13.5. The predicted molar refractivity (Wildman–Crippen MR) is 329 cm³/mol. The monoisotopic (exact) mass is 1310 g/mol. The smallest absolute Gasteiger partial charge is 0.296 e. The molecular weight excluding hydrogens is 1210 g/mol. The van der Waals surface area contributed by atoms with E-state index in [-0.39, 0.29) is 35.7 Å². The van der Waals surface area contributed by atoms with Crippen LogP contribution in [0.25, 0.3) is 0 Å². The van der Waals surface area contributed by atoms with Gasteiger partial charge in [-0.1, -0.05) is 101 Å². The largest absolute Gasteiger partial charge is 0.461 e. The molecule has 1 aliphatic rings. The number of nitrogens with zero attached hydrogens (tertiary/aromatic N) is 1. The Bertz CT molecular complexity index is 2310. The van der Waals surface area contributed by atoms with E-state index in [0.717, 1.165) is 93.3 Å². The van der Waals surface area contributed by atoms with Crippen molar-refractivity contribution < 1.29 is 80.2 Å². The van der Waals surface area contributed by atoms with E-state index in [1.807, 2.05) is 81.4 Å². The minimum Gasteiger partial charge on any atom is -0.461 e. The van der Waals surface area contributed by atoms with E-state index in [9.17, 15) is 52.6 Å². The highest BCUT2D eigenvalue weighted by molar-refractivity contribution is 9.08. The topological polar surface area (TPSA) is 275 Å². The Morgan fingerprint density at radius 1 is 0.800 bits per heavy atom. The number of halogens is 3. The van der Waals surface area contributed by atoms with Crippen LogP contribution in [0.15, 0.2) is 99.8 Å². The third kappa shape index (κ3) is 76.1. The minimum absolute atomic E-state index is 0. The van der Waals surface area contributed by atoms with Crippen LogP contribution in [-0.2, 0) is 58.8 Å². The maximum atomic E-state index is 12.3. The van der Waals surface area contributed by atoms with E-state index >= 15 is 0 Å². The van der Waals surface area contributed by atoms with Gasteiger partial charge in [0.2, 0.25) is 0 Å². The fourth-order valence-corrected chi connectivity index (χ4v) is 7.34. The number of thiophene rings is 1. The molecule has 26 heteroatoms. The van der Waals surface area contributed by atoms with Gasteiger partial charge in [0, 0.05) is 66.3 Å². The fourth-order valence-electron chi connectivity index (χ4n) is 4.07. The molecule has 0 radical (unpaired) electrons. The number of hydrogen-bond donors (Lipinski definition) is 1. The van der Waals surface area contributed by atoms with Crippen molar-refractivity contribution in [2.75, 3.05) is 77.8 Å². The molecule has 0 spiro atoms. The van der Waals surface area contributed by atoms with Gasteiger partial charge < -0.3 is 14.3 Å². The number of aliphatic hydroxyl groups is 1. The summed E-state index contributed by atoms with van der Waals surface area (Å²) in [5.41, 5.74) is 0.970. The number of carbonyl (C=O) groups excluding carboxylic acids is 3. The molecule has 0 bridgehead atoms. The lowest BCUT2D eigenvalue weighted by atomic mass is 10.1. The first-order chi connectivity index (χ1) is 36.9. The number of Topliss-reactive ketones (excluding diaryl/α,β-unsaturated/α-hetero) is 3. The quantitative estimate of drug-likeness (QED) is 0.0381. The zero-order chi connectivity index (χ0) is 63.6. The van der Waals surface area contributed by atoms with Crippen molar-refractivity contribution in [2.45, 2.75) is 126 Å². The first-order valence-electron chi connectivity index (χ1n) is 24.3. The van der Waals surface area contributed by atoms with E-state index in [0.29, 0.717) is 36.8 Å². The molecule has 1 saturated carbocycles. The Balaban J connectivity index is -0.0000000999. The highest BCUT2D eigenvalue weighted by Crippen LogP contribution is 2.29. The van der Waals surface area contributed by atoms with Gasteiger partial charge >= 0.3 is 0 Å². The van der Waals surface area contributed by atoms with E-state index in [1.54, 1.807) is 53.2 Å². The number of ketones is 3. The molecule has 18 nitrogen and oxygen atoms in total. The summed E-state index contributed by atoms with van der Waals surface area (Å²) in [6.45, 7) is 19.1. The summed E-state index contributed by atoms with van der Waals surface area (Å²) < 4.78 is 113. The molecule has 1 N–H and O–H groups in total. The molecular formula is C54H96BrF2NO17S5. The molecule has 1 fully saturated rings. The zero-order valence-electron chi connectivity index (χ0n) is 49.5. The Morgan fingerprint density at radius 3 is 1.44 bits per heavy atom. The van der Waals surface area contributed by atoms with Gasteiger partial charge in [-0.15, -0.1) is 11.3 Å². The molecule has 2 atom stereocenters. The summed E-state index contributed by atoms with van der Waals surface area (Å²) in [4.78, 5) is 40.2. The third-order valence-electron chi connectivity index (χ3n) is 7.68. The maximum Gasteiger partial charge on any atom is 0.296 e. The normalized spacial score (nSPS) is 10.9. The van der Waals surface area contributed by atoms with Crippen molar-refractivity contribution in [3.05, 3.63) is 123 Å². The van der Waals surface area contributed by atoms with Gasteiger partial charge in [-0.25, -0.2) is 12.8 Å². The Kier molecular flexibility index (Phi) is 76.4.